The zero-order chi connectivity index (χ0) is 7.11. The molecule has 0 aromatic rings. The van der Waals surface area contributed by atoms with Crippen LogP contribution in [0.1, 0.15) is 13.8 Å². The fourth-order valence-corrected chi connectivity index (χ4v) is 0.416. The summed E-state index contributed by atoms with van der Waals surface area (Å²) in [5.74, 6) is 0. The van der Waals surface area contributed by atoms with Crippen LogP contribution in [0.4, 0.5) is 0 Å². The molecule has 0 saturated carbocycles. The van der Waals surface area contributed by atoms with E-state index in [1.54, 1.807) is 6.92 Å². The van der Waals surface area contributed by atoms with Gasteiger partial charge in [0.05, 0.1) is 12.6 Å². The van der Waals surface area contributed by atoms with E-state index < -0.39 is 0 Å². The minimum absolute atomic E-state index is 0.0533. The van der Waals surface area contributed by atoms with Crippen molar-refractivity contribution in [1.82, 2.24) is 0 Å². The molecule has 0 fully saturated rings. The van der Waals surface area contributed by atoms with Crippen LogP contribution in [0.15, 0.2) is 4.99 Å². The molecule has 52 valence electrons. The van der Waals surface area contributed by atoms with E-state index in [-0.39, 0.29) is 6.04 Å². The van der Waals surface area contributed by atoms with Gasteiger partial charge in [0, 0.05) is 6.61 Å². The van der Waals surface area contributed by atoms with E-state index in [9.17, 15) is 4.79 Å². The highest BCUT2D eigenvalue weighted by Crippen LogP contribution is 1.87. The standard InChI is InChI=1S/C6H11NO2/c1-3-9-4-6(2)7-5-8/h6H,3-4H2,1-2H3/t6-/m1/s1. The van der Waals surface area contributed by atoms with Crippen molar-refractivity contribution in [3.63, 3.8) is 0 Å². The first-order valence-electron chi connectivity index (χ1n) is 2.96. The highest BCUT2D eigenvalue weighted by molar-refractivity contribution is 5.33. The minimum Gasteiger partial charge on any atom is -0.379 e. The molecule has 9 heavy (non-hydrogen) atoms. The van der Waals surface area contributed by atoms with Gasteiger partial charge in [0.15, 0.2) is 0 Å². The highest BCUT2D eigenvalue weighted by atomic mass is 16.5. The van der Waals surface area contributed by atoms with Gasteiger partial charge in [-0.2, -0.15) is 0 Å². The van der Waals surface area contributed by atoms with E-state index in [4.69, 9.17) is 4.74 Å². The topological polar surface area (TPSA) is 38.7 Å². The molecule has 0 heterocycles. The molecule has 3 heteroatoms. The molecular formula is C6H11NO2. The minimum atomic E-state index is -0.0533. The lowest BCUT2D eigenvalue weighted by Crippen LogP contribution is -2.08. The SMILES string of the molecule is CCOC[C@@H](C)N=C=O. The molecule has 3 nitrogen and oxygen atoms in total. The summed E-state index contributed by atoms with van der Waals surface area (Å²) in [7, 11) is 0. The molecule has 0 unspecified atom stereocenters. The number of carbonyl (C=O) groups excluding carboxylic acids is 1. The van der Waals surface area contributed by atoms with Gasteiger partial charge >= 0.3 is 0 Å². The summed E-state index contributed by atoms with van der Waals surface area (Å²) in [5, 5.41) is 0. The van der Waals surface area contributed by atoms with Crippen molar-refractivity contribution in [2.75, 3.05) is 13.2 Å². The third-order valence-corrected chi connectivity index (χ3v) is 0.836. The maximum absolute atomic E-state index is 9.63. The van der Waals surface area contributed by atoms with Gasteiger partial charge in [-0.1, -0.05) is 0 Å². The molecule has 0 spiro atoms. The number of ether oxygens (including phenoxy) is 1. The summed E-state index contributed by atoms with van der Waals surface area (Å²) in [4.78, 5) is 13.1. The van der Waals surface area contributed by atoms with Crippen LogP contribution < -0.4 is 0 Å². The molecule has 0 aromatic heterocycles. The Morgan fingerprint density at radius 2 is 2.44 bits per heavy atom. The van der Waals surface area contributed by atoms with Crippen LogP contribution in [0.5, 0.6) is 0 Å². The van der Waals surface area contributed by atoms with Gasteiger partial charge in [-0.15, -0.1) is 0 Å². The number of aliphatic imine (C=N–C) groups is 1. The molecule has 0 saturated heterocycles. The van der Waals surface area contributed by atoms with Crippen molar-refractivity contribution in [1.29, 1.82) is 0 Å². The van der Waals surface area contributed by atoms with Crippen molar-refractivity contribution in [3.8, 4) is 0 Å². The number of rotatable bonds is 4. The predicted molar refractivity (Wildman–Crippen MR) is 34.1 cm³/mol. The fourth-order valence-electron chi connectivity index (χ4n) is 0.416. The molecule has 0 radical (unpaired) electrons. The third-order valence-electron chi connectivity index (χ3n) is 0.836. The number of hydrogen-bond acceptors (Lipinski definition) is 3. The summed E-state index contributed by atoms with van der Waals surface area (Å²) in [5.41, 5.74) is 0. The van der Waals surface area contributed by atoms with E-state index in [1.807, 2.05) is 6.92 Å². The molecule has 0 amide bonds. The molecule has 0 aliphatic carbocycles. The molecule has 0 bridgehead atoms. The molecule has 0 rings (SSSR count). The third kappa shape index (κ3) is 5.21. The second kappa shape index (κ2) is 5.48. The van der Waals surface area contributed by atoms with Gasteiger partial charge in [0.1, 0.15) is 0 Å². The first-order valence-corrected chi connectivity index (χ1v) is 2.96. The van der Waals surface area contributed by atoms with E-state index in [1.165, 1.54) is 6.08 Å². The van der Waals surface area contributed by atoms with E-state index in [0.29, 0.717) is 13.2 Å². The summed E-state index contributed by atoms with van der Waals surface area (Å²) in [6.45, 7) is 4.88. The van der Waals surface area contributed by atoms with Gasteiger partial charge in [0.25, 0.3) is 0 Å². The van der Waals surface area contributed by atoms with Crippen LogP contribution >= 0.6 is 0 Å². The maximum atomic E-state index is 9.63. The molecule has 0 aromatic carbocycles. The fraction of sp³-hybridized carbons (Fsp3) is 0.833. The summed E-state index contributed by atoms with van der Waals surface area (Å²) < 4.78 is 4.98. The molecule has 0 N–H and O–H groups in total. The smallest absolute Gasteiger partial charge is 0.235 e. The normalized spacial score (nSPS) is 12.2. The van der Waals surface area contributed by atoms with E-state index in [0.717, 1.165) is 0 Å². The van der Waals surface area contributed by atoms with Crippen LogP contribution in [0.25, 0.3) is 0 Å². The Morgan fingerprint density at radius 1 is 1.78 bits per heavy atom. The number of isocyanates is 1. The van der Waals surface area contributed by atoms with Crippen LogP contribution in [-0.4, -0.2) is 25.3 Å². The zero-order valence-electron chi connectivity index (χ0n) is 5.76. The van der Waals surface area contributed by atoms with Crippen molar-refractivity contribution in [2.24, 2.45) is 4.99 Å². The van der Waals surface area contributed by atoms with Gasteiger partial charge < -0.3 is 4.74 Å². The predicted octanol–water partition coefficient (Wildman–Crippen LogP) is 0.747. The molecule has 0 aliphatic rings. The van der Waals surface area contributed by atoms with Crippen LogP contribution in [0.2, 0.25) is 0 Å². The Labute approximate surface area is 54.7 Å². The second-order valence-corrected chi connectivity index (χ2v) is 1.73. The lowest BCUT2D eigenvalue weighted by Gasteiger charge is -2.01. The molecular weight excluding hydrogens is 118 g/mol. The van der Waals surface area contributed by atoms with Gasteiger partial charge in [0.2, 0.25) is 6.08 Å². The van der Waals surface area contributed by atoms with Gasteiger partial charge in [-0.25, -0.2) is 9.79 Å². The van der Waals surface area contributed by atoms with Crippen LogP contribution in [0, 0.1) is 0 Å². The summed E-state index contributed by atoms with van der Waals surface area (Å²) in [6, 6.07) is -0.0533. The maximum Gasteiger partial charge on any atom is 0.235 e. The first-order chi connectivity index (χ1) is 4.31. The largest absolute Gasteiger partial charge is 0.379 e. The zero-order valence-corrected chi connectivity index (χ0v) is 5.76. The summed E-state index contributed by atoms with van der Waals surface area (Å²) >= 11 is 0. The highest BCUT2D eigenvalue weighted by Gasteiger charge is 1.95. The Balaban J connectivity index is 3.26. The lowest BCUT2D eigenvalue weighted by molar-refractivity contribution is 0.137. The number of hydrogen-bond donors (Lipinski definition) is 0. The van der Waals surface area contributed by atoms with E-state index >= 15 is 0 Å². The molecule has 0 aliphatic heterocycles. The van der Waals surface area contributed by atoms with Crippen LogP contribution in [0.3, 0.4) is 0 Å². The average Bonchev–Trinajstić information content (AvgIpc) is 1.85. The van der Waals surface area contributed by atoms with Crippen molar-refractivity contribution in [2.45, 2.75) is 19.9 Å². The van der Waals surface area contributed by atoms with Crippen molar-refractivity contribution >= 4 is 6.08 Å². The Morgan fingerprint density at radius 3 is 2.89 bits per heavy atom. The molecule has 1 atom stereocenters. The Bertz CT molecular complexity index is 108. The summed E-state index contributed by atoms with van der Waals surface area (Å²) in [6.07, 6.45) is 1.47. The van der Waals surface area contributed by atoms with Crippen LogP contribution in [-0.2, 0) is 9.53 Å². The van der Waals surface area contributed by atoms with Gasteiger partial charge in [-0.05, 0) is 13.8 Å². The quantitative estimate of drug-likeness (QED) is 0.415. The lowest BCUT2D eigenvalue weighted by atomic mass is 10.4. The first kappa shape index (κ1) is 8.34. The second-order valence-electron chi connectivity index (χ2n) is 1.73. The Kier molecular flexibility index (Phi) is 5.07. The Hall–Kier alpha value is -0.660. The van der Waals surface area contributed by atoms with Crippen molar-refractivity contribution in [3.05, 3.63) is 0 Å². The van der Waals surface area contributed by atoms with Gasteiger partial charge in [-0.3, -0.25) is 0 Å². The van der Waals surface area contributed by atoms with Crippen molar-refractivity contribution < 1.29 is 9.53 Å². The van der Waals surface area contributed by atoms with E-state index in [2.05, 4.69) is 4.99 Å². The monoisotopic (exact) mass is 129 g/mol. The average molecular weight is 129 g/mol. The number of nitrogens with zero attached hydrogens (tertiary/aromatic N) is 1.